The fourth-order valence-electron chi connectivity index (χ4n) is 3.42. The zero-order chi connectivity index (χ0) is 23.2. The van der Waals surface area contributed by atoms with Crippen LogP contribution < -0.4 is 5.43 Å². The molecule has 0 atom stereocenters. The van der Waals surface area contributed by atoms with E-state index >= 15 is 0 Å². The van der Waals surface area contributed by atoms with Crippen LogP contribution in [-0.2, 0) is 16.0 Å². The molecule has 166 valence electrons. The van der Waals surface area contributed by atoms with E-state index in [1.807, 2.05) is 36.4 Å². The number of esters is 1. The van der Waals surface area contributed by atoms with Crippen LogP contribution >= 0.6 is 15.9 Å². The van der Waals surface area contributed by atoms with Crippen LogP contribution in [0.2, 0.25) is 0 Å². The molecule has 0 unspecified atom stereocenters. The van der Waals surface area contributed by atoms with Crippen molar-refractivity contribution in [2.24, 2.45) is 5.10 Å². The van der Waals surface area contributed by atoms with Crippen LogP contribution in [0.4, 0.5) is 0 Å². The number of halogens is 1. The Bertz CT molecular complexity index is 1330. The Morgan fingerprint density at radius 3 is 2.52 bits per heavy atom. The van der Waals surface area contributed by atoms with Crippen LogP contribution in [0.3, 0.4) is 0 Å². The summed E-state index contributed by atoms with van der Waals surface area (Å²) in [6, 6.07) is 22.3. The number of nitrogens with zero attached hydrogens (tertiary/aromatic N) is 1. The minimum absolute atomic E-state index is 0.210. The predicted octanol–water partition coefficient (Wildman–Crippen LogP) is 5.73. The van der Waals surface area contributed by atoms with E-state index in [-0.39, 0.29) is 18.3 Å². The summed E-state index contributed by atoms with van der Waals surface area (Å²) >= 11 is 3.54. The SMILES string of the molecule is CCOC(=O)c1ccc(-c2ccc(/C=N/NC(=O)Cc3ccc(Br)c4ccccc34)o2)cc1. The number of hydrazone groups is 1. The number of rotatable bonds is 7. The number of fused-ring (bicyclic) bond motifs is 1. The Morgan fingerprint density at radius 1 is 1.00 bits per heavy atom. The molecule has 0 saturated heterocycles. The molecule has 1 N–H and O–H groups in total. The van der Waals surface area contributed by atoms with Gasteiger partial charge in [0.25, 0.3) is 0 Å². The fourth-order valence-corrected chi connectivity index (χ4v) is 3.90. The number of benzene rings is 3. The van der Waals surface area contributed by atoms with Gasteiger partial charge in [-0.1, -0.05) is 58.4 Å². The zero-order valence-electron chi connectivity index (χ0n) is 17.9. The number of nitrogens with one attached hydrogen (secondary N) is 1. The highest BCUT2D eigenvalue weighted by atomic mass is 79.9. The number of ether oxygens (including phenoxy) is 1. The molecular weight excluding hydrogens is 484 g/mol. The molecule has 0 saturated carbocycles. The number of carbonyl (C=O) groups is 2. The quantitative estimate of drug-likeness (QED) is 0.198. The van der Waals surface area contributed by atoms with Crippen LogP contribution in [0.1, 0.15) is 28.6 Å². The van der Waals surface area contributed by atoms with Crippen LogP contribution in [0.25, 0.3) is 22.1 Å². The van der Waals surface area contributed by atoms with Gasteiger partial charge in [-0.25, -0.2) is 10.2 Å². The Morgan fingerprint density at radius 2 is 1.76 bits per heavy atom. The Kier molecular flexibility index (Phi) is 7.00. The molecule has 6 nitrogen and oxygen atoms in total. The van der Waals surface area contributed by atoms with Crippen molar-refractivity contribution in [1.82, 2.24) is 5.43 Å². The maximum atomic E-state index is 12.4. The van der Waals surface area contributed by atoms with E-state index in [1.165, 1.54) is 6.21 Å². The Hall–Kier alpha value is -3.71. The first kappa shape index (κ1) is 22.5. The van der Waals surface area contributed by atoms with Crippen LogP contribution in [0, 0.1) is 0 Å². The maximum Gasteiger partial charge on any atom is 0.338 e. The fraction of sp³-hybridized carbons (Fsp3) is 0.115. The number of furan rings is 1. The van der Waals surface area contributed by atoms with Gasteiger partial charge >= 0.3 is 5.97 Å². The minimum Gasteiger partial charge on any atom is -0.462 e. The molecular formula is C26H21BrN2O4. The second-order valence-electron chi connectivity index (χ2n) is 7.22. The number of hydrogen-bond acceptors (Lipinski definition) is 5. The van der Waals surface area contributed by atoms with Gasteiger partial charge in [0.2, 0.25) is 5.91 Å². The molecule has 0 bridgehead atoms. The average molecular weight is 505 g/mol. The first-order valence-corrected chi connectivity index (χ1v) is 11.2. The topological polar surface area (TPSA) is 80.9 Å². The van der Waals surface area contributed by atoms with Gasteiger partial charge in [-0.2, -0.15) is 5.10 Å². The highest BCUT2D eigenvalue weighted by Crippen LogP contribution is 2.27. The summed E-state index contributed by atoms with van der Waals surface area (Å²) in [5.74, 6) is 0.539. The normalized spacial score (nSPS) is 11.1. The van der Waals surface area contributed by atoms with E-state index in [4.69, 9.17) is 9.15 Å². The van der Waals surface area contributed by atoms with E-state index in [2.05, 4.69) is 26.5 Å². The van der Waals surface area contributed by atoms with Crippen molar-refractivity contribution in [1.29, 1.82) is 0 Å². The van der Waals surface area contributed by atoms with Gasteiger partial charge in [-0.3, -0.25) is 4.79 Å². The van der Waals surface area contributed by atoms with Crippen LogP contribution in [-0.4, -0.2) is 24.7 Å². The summed E-state index contributed by atoms with van der Waals surface area (Å²) in [5.41, 5.74) is 4.77. The summed E-state index contributed by atoms with van der Waals surface area (Å²) in [5, 5.41) is 6.10. The molecule has 0 fully saturated rings. The minimum atomic E-state index is -0.358. The molecule has 3 aromatic carbocycles. The van der Waals surface area contributed by atoms with Crippen molar-refractivity contribution in [3.63, 3.8) is 0 Å². The standard InChI is InChI=1S/C26H21BrN2O4/c1-2-32-26(31)18-9-7-17(8-10-18)24-14-12-20(33-24)16-28-29-25(30)15-19-11-13-23(27)22-6-4-3-5-21(19)22/h3-14,16H,2,15H2,1H3,(H,29,30)/b28-16+. The van der Waals surface area contributed by atoms with Crippen molar-refractivity contribution >= 4 is 44.8 Å². The number of hydrogen-bond donors (Lipinski definition) is 1. The van der Waals surface area contributed by atoms with Crippen LogP contribution in [0.5, 0.6) is 0 Å². The third-order valence-corrected chi connectivity index (χ3v) is 5.69. The largest absolute Gasteiger partial charge is 0.462 e. The lowest BCUT2D eigenvalue weighted by atomic mass is 10.0. The third kappa shape index (κ3) is 5.38. The predicted molar refractivity (Wildman–Crippen MR) is 131 cm³/mol. The average Bonchev–Trinajstić information content (AvgIpc) is 3.30. The molecule has 0 aliphatic carbocycles. The van der Waals surface area contributed by atoms with Crippen molar-refractivity contribution in [2.45, 2.75) is 13.3 Å². The Labute approximate surface area is 199 Å². The van der Waals surface area contributed by atoms with E-state index in [0.29, 0.717) is 23.7 Å². The molecule has 0 aliphatic rings. The highest BCUT2D eigenvalue weighted by molar-refractivity contribution is 9.10. The molecule has 1 heterocycles. The summed E-state index contributed by atoms with van der Waals surface area (Å²) < 4.78 is 11.7. The summed E-state index contributed by atoms with van der Waals surface area (Å²) in [7, 11) is 0. The highest BCUT2D eigenvalue weighted by Gasteiger charge is 2.10. The zero-order valence-corrected chi connectivity index (χ0v) is 19.5. The third-order valence-electron chi connectivity index (χ3n) is 5.00. The van der Waals surface area contributed by atoms with E-state index in [1.54, 1.807) is 43.3 Å². The van der Waals surface area contributed by atoms with Crippen molar-refractivity contribution in [3.8, 4) is 11.3 Å². The lowest BCUT2D eigenvalue weighted by molar-refractivity contribution is -0.120. The van der Waals surface area contributed by atoms with Gasteiger partial charge in [-0.05, 0) is 53.6 Å². The monoisotopic (exact) mass is 504 g/mol. The van der Waals surface area contributed by atoms with Gasteiger partial charge in [0, 0.05) is 10.0 Å². The molecule has 7 heteroatoms. The lowest BCUT2D eigenvalue weighted by Crippen LogP contribution is -2.19. The summed E-state index contributed by atoms with van der Waals surface area (Å²) in [4.78, 5) is 24.2. The number of amides is 1. The molecule has 4 aromatic rings. The molecule has 1 aromatic heterocycles. The lowest BCUT2D eigenvalue weighted by Gasteiger charge is -2.07. The van der Waals surface area contributed by atoms with Crippen molar-refractivity contribution in [3.05, 3.63) is 94.2 Å². The second-order valence-corrected chi connectivity index (χ2v) is 8.08. The summed E-state index contributed by atoms with van der Waals surface area (Å²) in [6.07, 6.45) is 1.66. The summed E-state index contributed by atoms with van der Waals surface area (Å²) in [6.45, 7) is 2.10. The molecule has 33 heavy (non-hydrogen) atoms. The van der Waals surface area contributed by atoms with Crippen LogP contribution in [0.15, 0.2) is 86.8 Å². The van der Waals surface area contributed by atoms with Crippen molar-refractivity contribution in [2.75, 3.05) is 6.61 Å². The Balaban J connectivity index is 1.37. The number of carbonyl (C=O) groups excluding carboxylic acids is 2. The van der Waals surface area contributed by atoms with E-state index in [0.717, 1.165) is 26.4 Å². The molecule has 0 aliphatic heterocycles. The van der Waals surface area contributed by atoms with Gasteiger partial charge in [0.1, 0.15) is 11.5 Å². The first-order chi connectivity index (χ1) is 16.0. The second kappa shape index (κ2) is 10.3. The van der Waals surface area contributed by atoms with E-state index < -0.39 is 0 Å². The van der Waals surface area contributed by atoms with Crippen molar-refractivity contribution < 1.29 is 18.7 Å². The smallest absolute Gasteiger partial charge is 0.338 e. The van der Waals surface area contributed by atoms with E-state index in [9.17, 15) is 9.59 Å². The van der Waals surface area contributed by atoms with Gasteiger partial charge in [0.05, 0.1) is 24.8 Å². The first-order valence-electron chi connectivity index (χ1n) is 10.4. The molecule has 1 amide bonds. The molecule has 0 spiro atoms. The van der Waals surface area contributed by atoms with Gasteiger partial charge < -0.3 is 9.15 Å². The van der Waals surface area contributed by atoms with Gasteiger partial charge in [0.15, 0.2) is 0 Å². The molecule has 4 rings (SSSR count). The van der Waals surface area contributed by atoms with Gasteiger partial charge in [-0.15, -0.1) is 0 Å². The molecule has 0 radical (unpaired) electrons. The maximum absolute atomic E-state index is 12.4.